The summed E-state index contributed by atoms with van der Waals surface area (Å²) in [5, 5.41) is 20.6. The highest BCUT2D eigenvalue weighted by atomic mass is 16.4. The molecule has 154 valence electrons. The second-order valence-corrected chi connectivity index (χ2v) is 11.1. The van der Waals surface area contributed by atoms with Gasteiger partial charge in [-0.3, -0.25) is 4.79 Å². The smallest absolute Gasteiger partial charge is 0.303 e. The van der Waals surface area contributed by atoms with E-state index >= 15 is 0 Å². The number of fused-ring (bicyclic) bond motifs is 5. The molecule has 0 aromatic rings. The van der Waals surface area contributed by atoms with Crippen LogP contribution in [0.4, 0.5) is 0 Å². The minimum atomic E-state index is -0.686. The van der Waals surface area contributed by atoms with Gasteiger partial charge in [0.25, 0.3) is 0 Å². The molecule has 2 N–H and O–H groups in total. The van der Waals surface area contributed by atoms with E-state index in [1.165, 1.54) is 51.4 Å². The third-order valence-corrected chi connectivity index (χ3v) is 10.3. The predicted octanol–water partition coefficient (Wildman–Crippen LogP) is 5.51. The quantitative estimate of drug-likeness (QED) is 0.680. The molecule has 4 aliphatic rings. The fourth-order valence-corrected chi connectivity index (χ4v) is 8.77. The van der Waals surface area contributed by atoms with Crippen LogP contribution < -0.4 is 0 Å². The van der Waals surface area contributed by atoms with Crippen LogP contribution >= 0.6 is 0 Å². The molecule has 9 atom stereocenters. The Morgan fingerprint density at radius 2 is 1.85 bits per heavy atom. The Kier molecular flexibility index (Phi) is 5.15. The molecule has 3 nitrogen and oxygen atoms in total. The lowest BCUT2D eigenvalue weighted by Crippen LogP contribution is -2.58. The van der Waals surface area contributed by atoms with Crippen molar-refractivity contribution in [2.24, 2.45) is 46.3 Å². The van der Waals surface area contributed by atoms with Gasteiger partial charge in [-0.25, -0.2) is 0 Å². The molecule has 4 aliphatic carbocycles. The molecular formula is C24H40O3. The number of carboxylic acid groups (broad SMARTS) is 1. The fraction of sp³-hybridized carbons (Fsp3) is 0.958. The fourth-order valence-electron chi connectivity index (χ4n) is 8.77. The van der Waals surface area contributed by atoms with Gasteiger partial charge >= 0.3 is 5.97 Å². The number of carbonyl (C=O) groups is 1. The number of aliphatic hydroxyl groups is 1. The SMILES string of the molecule is C[C@H](CCC(=O)O)[C@H]1CC[C@H]2[C@@H]3CCC4CCCC[C@]4(C)[C@H]3CC(O)[C@]12C. The number of rotatable bonds is 4. The average Bonchev–Trinajstić information content (AvgIpc) is 2.99. The van der Waals surface area contributed by atoms with Crippen molar-refractivity contribution in [2.45, 2.75) is 97.5 Å². The highest BCUT2D eigenvalue weighted by molar-refractivity contribution is 5.66. The first-order chi connectivity index (χ1) is 12.8. The van der Waals surface area contributed by atoms with E-state index < -0.39 is 5.97 Å². The van der Waals surface area contributed by atoms with Crippen LogP contribution in [0.2, 0.25) is 0 Å². The van der Waals surface area contributed by atoms with Crippen molar-refractivity contribution in [1.82, 2.24) is 0 Å². The monoisotopic (exact) mass is 376 g/mol. The molecule has 4 fully saturated rings. The molecule has 2 unspecified atom stereocenters. The van der Waals surface area contributed by atoms with E-state index in [0.717, 1.165) is 24.7 Å². The van der Waals surface area contributed by atoms with Crippen LogP contribution in [-0.2, 0) is 4.79 Å². The van der Waals surface area contributed by atoms with Gasteiger partial charge in [-0.05, 0) is 97.7 Å². The summed E-state index contributed by atoms with van der Waals surface area (Å²) in [4.78, 5) is 11.1. The van der Waals surface area contributed by atoms with E-state index in [4.69, 9.17) is 5.11 Å². The first-order valence-corrected chi connectivity index (χ1v) is 11.7. The molecule has 0 aromatic carbocycles. The van der Waals surface area contributed by atoms with Gasteiger partial charge in [-0.15, -0.1) is 0 Å². The summed E-state index contributed by atoms with van der Waals surface area (Å²) >= 11 is 0. The van der Waals surface area contributed by atoms with Gasteiger partial charge in [-0.2, -0.15) is 0 Å². The van der Waals surface area contributed by atoms with Crippen molar-refractivity contribution < 1.29 is 15.0 Å². The van der Waals surface area contributed by atoms with Gasteiger partial charge in [0.15, 0.2) is 0 Å². The molecule has 0 bridgehead atoms. The van der Waals surface area contributed by atoms with E-state index in [1.807, 2.05) is 0 Å². The van der Waals surface area contributed by atoms with Gasteiger partial charge in [0.2, 0.25) is 0 Å². The number of aliphatic hydroxyl groups excluding tert-OH is 1. The summed E-state index contributed by atoms with van der Waals surface area (Å²) < 4.78 is 0. The largest absolute Gasteiger partial charge is 0.481 e. The molecule has 4 saturated carbocycles. The lowest BCUT2D eigenvalue weighted by Gasteiger charge is -2.62. The molecule has 0 radical (unpaired) electrons. The Morgan fingerprint density at radius 1 is 1.07 bits per heavy atom. The summed E-state index contributed by atoms with van der Waals surface area (Å²) in [5.41, 5.74) is 0.452. The van der Waals surface area contributed by atoms with Gasteiger partial charge < -0.3 is 10.2 Å². The van der Waals surface area contributed by atoms with Crippen LogP contribution in [0.1, 0.15) is 91.4 Å². The molecule has 0 aromatic heterocycles. The van der Waals surface area contributed by atoms with E-state index in [1.54, 1.807) is 0 Å². The van der Waals surface area contributed by atoms with Gasteiger partial charge in [0.1, 0.15) is 0 Å². The molecule has 0 aliphatic heterocycles. The van der Waals surface area contributed by atoms with E-state index in [2.05, 4.69) is 20.8 Å². The maximum atomic E-state index is 11.5. The van der Waals surface area contributed by atoms with Crippen LogP contribution in [0.15, 0.2) is 0 Å². The van der Waals surface area contributed by atoms with E-state index in [9.17, 15) is 9.90 Å². The Morgan fingerprint density at radius 3 is 2.59 bits per heavy atom. The van der Waals surface area contributed by atoms with Crippen molar-refractivity contribution in [3.8, 4) is 0 Å². The average molecular weight is 377 g/mol. The number of hydrogen-bond acceptors (Lipinski definition) is 2. The topological polar surface area (TPSA) is 57.5 Å². The highest BCUT2D eigenvalue weighted by Crippen LogP contribution is 2.68. The summed E-state index contributed by atoms with van der Waals surface area (Å²) in [6, 6.07) is 0. The molecule has 0 saturated heterocycles. The second kappa shape index (κ2) is 7.04. The van der Waals surface area contributed by atoms with E-state index in [0.29, 0.717) is 29.1 Å². The standard InChI is InChI=1S/C24H40O3/c1-15(7-12-22(26)27)18-10-11-19-17-9-8-16-6-4-5-13-23(16,2)20(17)14-21(25)24(18,19)3/h15-21,25H,4-14H2,1-3H3,(H,26,27)/t15-,16?,17+,18-,19+,20+,21?,23+,24-/m1/s1. The minimum absolute atomic E-state index is 0.00303. The van der Waals surface area contributed by atoms with Crippen molar-refractivity contribution >= 4 is 5.97 Å². The Bertz CT molecular complexity index is 574. The predicted molar refractivity (Wildman–Crippen MR) is 107 cm³/mol. The van der Waals surface area contributed by atoms with Gasteiger partial charge in [0, 0.05) is 6.42 Å². The van der Waals surface area contributed by atoms with Crippen molar-refractivity contribution in [3.05, 3.63) is 0 Å². The van der Waals surface area contributed by atoms with Crippen molar-refractivity contribution in [2.75, 3.05) is 0 Å². The summed E-state index contributed by atoms with van der Waals surface area (Å²) in [6.45, 7) is 7.16. The zero-order valence-electron chi connectivity index (χ0n) is 17.6. The van der Waals surface area contributed by atoms with Crippen LogP contribution in [0.5, 0.6) is 0 Å². The number of aliphatic carboxylic acids is 1. The Balaban J connectivity index is 1.57. The second-order valence-electron chi connectivity index (χ2n) is 11.1. The zero-order valence-corrected chi connectivity index (χ0v) is 17.6. The number of hydrogen-bond donors (Lipinski definition) is 2. The molecule has 27 heavy (non-hydrogen) atoms. The van der Waals surface area contributed by atoms with Gasteiger partial charge in [-0.1, -0.05) is 33.6 Å². The summed E-state index contributed by atoms with van der Waals surface area (Å²) in [7, 11) is 0. The molecule has 4 rings (SSSR count). The molecule has 0 spiro atoms. The van der Waals surface area contributed by atoms with Crippen molar-refractivity contribution in [3.63, 3.8) is 0 Å². The minimum Gasteiger partial charge on any atom is -0.481 e. The van der Waals surface area contributed by atoms with E-state index in [-0.39, 0.29) is 17.9 Å². The third-order valence-electron chi connectivity index (χ3n) is 10.3. The van der Waals surface area contributed by atoms with Crippen LogP contribution in [0, 0.1) is 46.3 Å². The maximum absolute atomic E-state index is 11.5. The van der Waals surface area contributed by atoms with Crippen LogP contribution in [-0.4, -0.2) is 22.3 Å². The molecule has 0 heterocycles. The summed E-state index contributed by atoms with van der Waals surface area (Å²) in [6.07, 6.45) is 12.6. The number of carboxylic acids is 1. The first-order valence-electron chi connectivity index (χ1n) is 11.7. The molecule has 0 amide bonds. The Hall–Kier alpha value is -0.570. The lowest BCUT2D eigenvalue weighted by molar-refractivity contribution is -0.168. The highest BCUT2D eigenvalue weighted by Gasteiger charge is 2.63. The third kappa shape index (κ3) is 2.98. The zero-order chi connectivity index (χ0) is 19.4. The van der Waals surface area contributed by atoms with Gasteiger partial charge in [0.05, 0.1) is 6.10 Å². The Labute approximate surface area is 165 Å². The van der Waals surface area contributed by atoms with Crippen LogP contribution in [0.3, 0.4) is 0 Å². The van der Waals surface area contributed by atoms with Crippen molar-refractivity contribution in [1.29, 1.82) is 0 Å². The normalized spacial score (nSPS) is 50.4. The molecule has 3 heteroatoms. The summed E-state index contributed by atoms with van der Waals surface area (Å²) in [5.74, 6) is 3.21. The first kappa shape index (κ1) is 19.7. The molecular weight excluding hydrogens is 336 g/mol. The lowest BCUT2D eigenvalue weighted by atomic mass is 9.44. The van der Waals surface area contributed by atoms with Crippen LogP contribution in [0.25, 0.3) is 0 Å². The maximum Gasteiger partial charge on any atom is 0.303 e.